The summed E-state index contributed by atoms with van der Waals surface area (Å²) in [4.78, 5) is 13.9. The molecule has 1 aromatic carbocycles. The molecule has 0 N–H and O–H groups in total. The molecular formula is C13H14OS2. The Kier molecular flexibility index (Phi) is 3.00. The van der Waals surface area contributed by atoms with Gasteiger partial charge >= 0.3 is 0 Å². The third-order valence-corrected chi connectivity index (χ3v) is 4.92. The summed E-state index contributed by atoms with van der Waals surface area (Å²) in [5.41, 5.74) is 1.19. The highest BCUT2D eigenvalue weighted by molar-refractivity contribution is 7.29. The molecule has 0 aliphatic rings. The van der Waals surface area contributed by atoms with Gasteiger partial charge in [-0.3, -0.25) is 4.79 Å². The maximum atomic E-state index is 11.6. The van der Waals surface area contributed by atoms with Gasteiger partial charge in [0.05, 0.1) is 4.88 Å². The lowest BCUT2D eigenvalue weighted by atomic mass is 9.92. The van der Waals surface area contributed by atoms with Gasteiger partial charge in [0.15, 0.2) is 0 Å². The summed E-state index contributed by atoms with van der Waals surface area (Å²) in [7, 11) is 0. The van der Waals surface area contributed by atoms with Crippen LogP contribution in [0.3, 0.4) is 0 Å². The summed E-state index contributed by atoms with van der Waals surface area (Å²) >= 11 is 2.74. The first kappa shape index (κ1) is 11.6. The standard InChI is InChI=1S/C13H14OS2/c1-13(2,3)11-10(15-12(14)16-11)9-7-5-4-6-8-9/h4-8H,1-3H3. The van der Waals surface area contributed by atoms with Gasteiger partial charge in [0.1, 0.15) is 0 Å². The zero-order valence-corrected chi connectivity index (χ0v) is 11.2. The number of benzene rings is 1. The van der Waals surface area contributed by atoms with Crippen LogP contribution in [0.4, 0.5) is 0 Å². The highest BCUT2D eigenvalue weighted by Crippen LogP contribution is 2.37. The largest absolute Gasteiger partial charge is 0.288 e. The van der Waals surface area contributed by atoms with E-state index in [2.05, 4.69) is 32.9 Å². The van der Waals surface area contributed by atoms with Gasteiger partial charge in [0.2, 0.25) is 0 Å². The van der Waals surface area contributed by atoms with Crippen LogP contribution in [0.1, 0.15) is 25.6 Å². The highest BCUT2D eigenvalue weighted by Gasteiger charge is 2.22. The molecule has 0 aliphatic carbocycles. The second kappa shape index (κ2) is 4.15. The molecule has 0 amide bonds. The van der Waals surface area contributed by atoms with Crippen molar-refractivity contribution >= 4 is 22.7 Å². The summed E-state index contributed by atoms with van der Waals surface area (Å²) in [5, 5.41) is 0. The average molecular weight is 250 g/mol. The van der Waals surface area contributed by atoms with Crippen LogP contribution in [0.2, 0.25) is 0 Å². The molecular weight excluding hydrogens is 236 g/mol. The molecule has 0 atom stereocenters. The van der Waals surface area contributed by atoms with Crippen molar-refractivity contribution < 1.29 is 0 Å². The monoisotopic (exact) mass is 250 g/mol. The third-order valence-electron chi connectivity index (χ3n) is 2.29. The SMILES string of the molecule is CC(C)(C)c1sc(=O)sc1-c1ccccc1. The molecule has 0 radical (unpaired) electrons. The van der Waals surface area contributed by atoms with E-state index in [0.717, 1.165) is 10.4 Å². The Hall–Kier alpha value is -0.930. The van der Waals surface area contributed by atoms with Gasteiger partial charge in [-0.25, -0.2) is 0 Å². The van der Waals surface area contributed by atoms with Crippen LogP contribution in [0.15, 0.2) is 35.1 Å². The Bertz CT molecular complexity index is 529. The van der Waals surface area contributed by atoms with E-state index < -0.39 is 0 Å². The van der Waals surface area contributed by atoms with E-state index in [1.165, 1.54) is 27.6 Å². The Morgan fingerprint density at radius 2 is 1.62 bits per heavy atom. The minimum Gasteiger partial charge on any atom is -0.265 e. The van der Waals surface area contributed by atoms with Crippen LogP contribution < -0.4 is 4.06 Å². The quantitative estimate of drug-likeness (QED) is 0.743. The average Bonchev–Trinajstić information content (AvgIpc) is 2.61. The van der Waals surface area contributed by atoms with Crippen LogP contribution in [-0.2, 0) is 5.41 Å². The lowest BCUT2D eigenvalue weighted by Crippen LogP contribution is -2.09. The van der Waals surface area contributed by atoms with Crippen LogP contribution in [0.5, 0.6) is 0 Å². The van der Waals surface area contributed by atoms with Crippen LogP contribution in [-0.4, -0.2) is 0 Å². The molecule has 0 saturated heterocycles. The summed E-state index contributed by atoms with van der Waals surface area (Å²) in [6.45, 7) is 6.45. The molecule has 0 spiro atoms. The Morgan fingerprint density at radius 1 is 1.00 bits per heavy atom. The molecule has 16 heavy (non-hydrogen) atoms. The summed E-state index contributed by atoms with van der Waals surface area (Å²) in [5.74, 6) is 0. The molecule has 2 aromatic rings. The van der Waals surface area contributed by atoms with Crippen molar-refractivity contribution in [3.8, 4) is 10.4 Å². The van der Waals surface area contributed by atoms with Crippen LogP contribution in [0.25, 0.3) is 10.4 Å². The van der Waals surface area contributed by atoms with Crippen molar-refractivity contribution in [2.75, 3.05) is 0 Å². The molecule has 3 heteroatoms. The van der Waals surface area contributed by atoms with Gasteiger partial charge in [-0.1, -0.05) is 73.8 Å². The van der Waals surface area contributed by atoms with Gasteiger partial charge in [-0.2, -0.15) is 0 Å². The van der Waals surface area contributed by atoms with Crippen LogP contribution >= 0.6 is 22.7 Å². The lowest BCUT2D eigenvalue weighted by Gasteiger charge is -2.17. The second-order valence-corrected chi connectivity index (χ2v) is 6.95. The van der Waals surface area contributed by atoms with E-state index in [1.807, 2.05) is 18.2 Å². The van der Waals surface area contributed by atoms with E-state index in [-0.39, 0.29) is 9.47 Å². The predicted molar refractivity (Wildman–Crippen MR) is 72.6 cm³/mol. The fourth-order valence-electron chi connectivity index (χ4n) is 1.55. The summed E-state index contributed by atoms with van der Waals surface area (Å²) in [6, 6.07) is 10.1. The summed E-state index contributed by atoms with van der Waals surface area (Å²) in [6.07, 6.45) is 0. The van der Waals surface area contributed by atoms with E-state index in [0.29, 0.717) is 0 Å². The first-order chi connectivity index (χ1) is 7.48. The molecule has 2 rings (SSSR count). The smallest absolute Gasteiger partial charge is 0.265 e. The summed E-state index contributed by atoms with van der Waals surface area (Å²) < 4.78 is 0.184. The second-order valence-electron chi connectivity index (χ2n) is 4.73. The first-order valence-electron chi connectivity index (χ1n) is 5.18. The molecule has 0 unspecified atom stereocenters. The molecule has 0 bridgehead atoms. The molecule has 0 saturated carbocycles. The number of rotatable bonds is 1. The van der Waals surface area contributed by atoms with E-state index in [9.17, 15) is 4.79 Å². The van der Waals surface area contributed by atoms with Crippen molar-refractivity contribution in [1.82, 2.24) is 0 Å². The zero-order valence-electron chi connectivity index (χ0n) is 9.61. The van der Waals surface area contributed by atoms with E-state index >= 15 is 0 Å². The number of hydrogen-bond donors (Lipinski definition) is 0. The third kappa shape index (κ3) is 2.25. The van der Waals surface area contributed by atoms with Gasteiger partial charge in [0.25, 0.3) is 4.06 Å². The van der Waals surface area contributed by atoms with Crippen molar-refractivity contribution in [3.05, 3.63) is 44.1 Å². The Morgan fingerprint density at radius 3 is 2.19 bits per heavy atom. The Balaban J connectivity index is 2.62. The van der Waals surface area contributed by atoms with Crippen molar-refractivity contribution in [2.45, 2.75) is 26.2 Å². The minimum atomic E-state index is 0.0367. The van der Waals surface area contributed by atoms with Gasteiger partial charge in [0, 0.05) is 4.88 Å². The predicted octanol–water partition coefficient (Wildman–Crippen LogP) is 4.13. The van der Waals surface area contributed by atoms with Crippen LogP contribution in [0, 0.1) is 0 Å². The lowest BCUT2D eigenvalue weighted by molar-refractivity contribution is 0.606. The fraction of sp³-hybridized carbons (Fsp3) is 0.308. The Labute approximate surface area is 103 Å². The molecule has 1 heterocycles. The van der Waals surface area contributed by atoms with E-state index in [1.54, 1.807) is 0 Å². The van der Waals surface area contributed by atoms with Crippen molar-refractivity contribution in [3.63, 3.8) is 0 Å². The normalized spacial score (nSPS) is 11.7. The van der Waals surface area contributed by atoms with Crippen molar-refractivity contribution in [1.29, 1.82) is 0 Å². The maximum Gasteiger partial charge on any atom is 0.288 e. The molecule has 84 valence electrons. The van der Waals surface area contributed by atoms with Gasteiger partial charge in [-0.15, -0.1) is 0 Å². The fourth-order valence-corrected chi connectivity index (χ4v) is 3.97. The topological polar surface area (TPSA) is 17.1 Å². The first-order valence-corrected chi connectivity index (χ1v) is 6.81. The number of hydrogen-bond acceptors (Lipinski definition) is 3. The van der Waals surface area contributed by atoms with E-state index in [4.69, 9.17) is 0 Å². The van der Waals surface area contributed by atoms with Crippen molar-refractivity contribution in [2.24, 2.45) is 0 Å². The van der Waals surface area contributed by atoms with Gasteiger partial charge in [-0.05, 0) is 11.0 Å². The zero-order chi connectivity index (χ0) is 11.8. The molecule has 1 nitrogen and oxygen atoms in total. The minimum absolute atomic E-state index is 0.0367. The maximum absolute atomic E-state index is 11.6. The molecule has 1 aromatic heterocycles. The molecule has 0 aliphatic heterocycles. The molecule has 0 fully saturated rings. The van der Waals surface area contributed by atoms with Gasteiger partial charge < -0.3 is 0 Å². The highest BCUT2D eigenvalue weighted by atomic mass is 32.2.